The van der Waals surface area contributed by atoms with Crippen molar-refractivity contribution in [2.45, 2.75) is 19.3 Å². The highest BCUT2D eigenvalue weighted by Gasteiger charge is 2.35. The van der Waals surface area contributed by atoms with E-state index in [0.29, 0.717) is 17.6 Å². The number of benzene rings is 11. The minimum atomic E-state index is -0.0616. The zero-order chi connectivity index (χ0) is 48.8. The van der Waals surface area contributed by atoms with E-state index < -0.39 is 0 Å². The highest BCUT2D eigenvalue weighted by molar-refractivity contribution is 6.29. The van der Waals surface area contributed by atoms with Gasteiger partial charge in [-0.2, -0.15) is 9.97 Å². The van der Waals surface area contributed by atoms with Gasteiger partial charge in [0, 0.05) is 60.2 Å². The Morgan fingerprint density at radius 3 is 1.39 bits per heavy atom. The van der Waals surface area contributed by atoms with Gasteiger partial charge in [0.15, 0.2) is 11.6 Å². The Kier molecular flexibility index (Phi) is 8.42. The predicted octanol–water partition coefficient (Wildman–Crippen LogP) is 17.1. The molecule has 74 heavy (non-hydrogen) atoms. The summed E-state index contributed by atoms with van der Waals surface area (Å²) in [6.07, 6.45) is 0. The van der Waals surface area contributed by atoms with E-state index in [1.165, 1.54) is 71.3 Å². The van der Waals surface area contributed by atoms with Crippen molar-refractivity contribution in [2.24, 2.45) is 0 Å². The molecule has 11 aromatic carbocycles. The SMILES string of the molecule is CC1(C)c2ccccc2-c2cc(-n3c4ccccc4c4c5c6ccccc6n(-c6ccc7c(c6)c6ccccc6n7-c6nc(-c7ccc8ccccc8c7)nc(-c7ccc8ccccc8c7)n6)c5ccc43)ccc21. The van der Waals surface area contributed by atoms with Crippen LogP contribution in [-0.4, -0.2) is 28.7 Å². The molecule has 0 unspecified atom stereocenters. The first-order valence-electron chi connectivity index (χ1n) is 25.4. The summed E-state index contributed by atoms with van der Waals surface area (Å²) >= 11 is 0. The van der Waals surface area contributed by atoms with Gasteiger partial charge in [-0.05, 0) is 117 Å². The van der Waals surface area contributed by atoms with Crippen molar-refractivity contribution in [1.82, 2.24) is 28.7 Å². The van der Waals surface area contributed by atoms with Crippen LogP contribution in [0.15, 0.2) is 231 Å². The molecule has 4 aromatic heterocycles. The van der Waals surface area contributed by atoms with Crippen LogP contribution in [0.2, 0.25) is 0 Å². The van der Waals surface area contributed by atoms with Gasteiger partial charge >= 0.3 is 0 Å². The van der Waals surface area contributed by atoms with E-state index in [1.807, 2.05) is 0 Å². The third kappa shape index (κ3) is 5.79. The van der Waals surface area contributed by atoms with Gasteiger partial charge in [0.1, 0.15) is 0 Å². The lowest BCUT2D eigenvalue weighted by molar-refractivity contribution is 0.660. The summed E-state index contributed by atoms with van der Waals surface area (Å²) < 4.78 is 7.14. The predicted molar refractivity (Wildman–Crippen MR) is 306 cm³/mol. The van der Waals surface area contributed by atoms with Crippen LogP contribution >= 0.6 is 0 Å². The van der Waals surface area contributed by atoms with Crippen molar-refractivity contribution in [3.63, 3.8) is 0 Å². The second-order valence-electron chi connectivity index (χ2n) is 20.4. The van der Waals surface area contributed by atoms with Crippen molar-refractivity contribution in [3.05, 3.63) is 242 Å². The van der Waals surface area contributed by atoms with Crippen LogP contribution in [-0.2, 0) is 5.41 Å². The van der Waals surface area contributed by atoms with Gasteiger partial charge in [-0.1, -0.05) is 172 Å². The van der Waals surface area contributed by atoms with E-state index in [9.17, 15) is 0 Å². The number of hydrogen-bond donors (Lipinski definition) is 0. The number of hydrogen-bond acceptors (Lipinski definition) is 3. The Morgan fingerprint density at radius 2 is 0.770 bits per heavy atom. The average molecular weight is 945 g/mol. The number of rotatable bonds is 5. The van der Waals surface area contributed by atoms with E-state index in [2.05, 4.69) is 258 Å². The molecule has 0 atom stereocenters. The smallest absolute Gasteiger partial charge is 0.238 e. The molecule has 6 heteroatoms. The van der Waals surface area contributed by atoms with Crippen LogP contribution in [0.5, 0.6) is 0 Å². The zero-order valence-electron chi connectivity index (χ0n) is 40.6. The molecule has 0 spiro atoms. The van der Waals surface area contributed by atoms with E-state index in [0.717, 1.165) is 60.4 Å². The summed E-state index contributed by atoms with van der Waals surface area (Å²) in [5.74, 6) is 1.81. The molecule has 1 aliphatic rings. The van der Waals surface area contributed by atoms with Gasteiger partial charge in [0.2, 0.25) is 5.95 Å². The normalized spacial score (nSPS) is 13.1. The molecule has 4 heterocycles. The number of para-hydroxylation sites is 3. The summed E-state index contributed by atoms with van der Waals surface area (Å²) in [4.78, 5) is 15.9. The van der Waals surface area contributed by atoms with E-state index >= 15 is 0 Å². The number of fused-ring (bicyclic) bond motifs is 15. The third-order valence-electron chi connectivity index (χ3n) is 16.1. The second-order valence-corrected chi connectivity index (χ2v) is 20.4. The fourth-order valence-corrected chi connectivity index (χ4v) is 12.6. The third-order valence-corrected chi connectivity index (χ3v) is 16.1. The van der Waals surface area contributed by atoms with Crippen LogP contribution in [0.3, 0.4) is 0 Å². The van der Waals surface area contributed by atoms with Gasteiger partial charge < -0.3 is 9.13 Å². The minimum Gasteiger partial charge on any atom is -0.309 e. The van der Waals surface area contributed by atoms with Crippen molar-refractivity contribution >= 4 is 87.0 Å². The topological polar surface area (TPSA) is 53.5 Å². The average Bonchev–Trinajstić information content (AvgIpc) is 4.22. The first kappa shape index (κ1) is 41.0. The standard InChI is InChI=1S/C68H44N6/c1-68(2)55-23-11-7-19-49(55)53-39-47(31-33-56(53)68)72-58-25-13-9-21-51(58)63-61(72)35-36-62-64(63)52-22-10-14-26-59(52)73(62)48-32-34-60-54(40-48)50-20-8-12-24-57(50)74(60)67-70-65(45-29-27-41-15-3-5-17-43(41)37-45)69-66(71-67)46-30-28-42-16-4-6-18-44(42)38-46/h3-40H,1-2H3. The summed E-state index contributed by atoms with van der Waals surface area (Å²) in [7, 11) is 0. The van der Waals surface area contributed by atoms with Gasteiger partial charge in [0.25, 0.3) is 0 Å². The van der Waals surface area contributed by atoms with Crippen LogP contribution in [0.25, 0.3) is 138 Å². The van der Waals surface area contributed by atoms with Gasteiger partial charge in [0.05, 0.1) is 33.1 Å². The molecule has 6 nitrogen and oxygen atoms in total. The summed E-state index contributed by atoms with van der Waals surface area (Å²) in [6, 6.07) is 83.7. The Morgan fingerprint density at radius 1 is 0.311 bits per heavy atom. The van der Waals surface area contributed by atoms with E-state index in [4.69, 9.17) is 15.0 Å². The maximum absolute atomic E-state index is 5.34. The molecule has 0 saturated heterocycles. The molecule has 0 bridgehead atoms. The summed E-state index contributed by atoms with van der Waals surface area (Å²) in [5, 5.41) is 11.8. The molecule has 0 saturated carbocycles. The zero-order valence-corrected chi connectivity index (χ0v) is 40.6. The minimum absolute atomic E-state index is 0.0616. The Labute approximate surface area is 425 Å². The highest BCUT2D eigenvalue weighted by Crippen LogP contribution is 2.50. The van der Waals surface area contributed by atoms with Crippen molar-refractivity contribution in [1.29, 1.82) is 0 Å². The molecule has 0 fully saturated rings. The van der Waals surface area contributed by atoms with Crippen LogP contribution in [0.4, 0.5) is 0 Å². The molecule has 0 radical (unpaired) electrons. The fourth-order valence-electron chi connectivity index (χ4n) is 12.6. The summed E-state index contributed by atoms with van der Waals surface area (Å²) in [6.45, 7) is 4.70. The molecule has 346 valence electrons. The van der Waals surface area contributed by atoms with Gasteiger partial charge in [-0.3, -0.25) is 4.57 Å². The van der Waals surface area contributed by atoms with Crippen molar-refractivity contribution in [2.75, 3.05) is 0 Å². The van der Waals surface area contributed by atoms with Crippen LogP contribution in [0, 0.1) is 0 Å². The number of nitrogens with zero attached hydrogens (tertiary/aromatic N) is 6. The van der Waals surface area contributed by atoms with Crippen LogP contribution in [0.1, 0.15) is 25.0 Å². The molecule has 1 aliphatic carbocycles. The van der Waals surface area contributed by atoms with E-state index in [1.54, 1.807) is 0 Å². The maximum atomic E-state index is 5.34. The Balaban J connectivity index is 0.904. The Hall–Kier alpha value is -9.65. The molecule has 0 amide bonds. The van der Waals surface area contributed by atoms with Gasteiger partial charge in [-0.15, -0.1) is 0 Å². The lowest BCUT2D eigenvalue weighted by Gasteiger charge is -2.21. The molecule has 16 rings (SSSR count). The summed E-state index contributed by atoms with van der Waals surface area (Å²) in [5.41, 5.74) is 16.2. The lowest BCUT2D eigenvalue weighted by atomic mass is 9.82. The van der Waals surface area contributed by atoms with E-state index in [-0.39, 0.29) is 5.41 Å². The second kappa shape index (κ2) is 15.2. The molecule has 15 aromatic rings. The molecular formula is C68H44N6. The van der Waals surface area contributed by atoms with Crippen LogP contribution < -0.4 is 0 Å². The Bertz CT molecular complexity index is 4790. The van der Waals surface area contributed by atoms with Crippen molar-refractivity contribution in [3.8, 4) is 51.2 Å². The quantitative estimate of drug-likeness (QED) is 0.173. The maximum Gasteiger partial charge on any atom is 0.238 e. The lowest BCUT2D eigenvalue weighted by Crippen LogP contribution is -2.14. The van der Waals surface area contributed by atoms with Gasteiger partial charge in [-0.25, -0.2) is 4.98 Å². The number of aromatic nitrogens is 6. The highest BCUT2D eigenvalue weighted by atomic mass is 15.2. The molecular weight excluding hydrogens is 901 g/mol. The fraction of sp³-hybridized carbons (Fsp3) is 0.0441. The molecule has 0 aliphatic heterocycles. The monoisotopic (exact) mass is 944 g/mol. The molecule has 0 N–H and O–H groups in total. The van der Waals surface area contributed by atoms with Crippen molar-refractivity contribution < 1.29 is 0 Å². The first-order chi connectivity index (χ1) is 36.4. The first-order valence-corrected chi connectivity index (χ1v) is 25.4. The largest absolute Gasteiger partial charge is 0.309 e.